The van der Waals surface area contributed by atoms with Crippen LogP contribution in [0.1, 0.15) is 11.1 Å². The molecule has 0 radical (unpaired) electrons. The molecule has 0 aliphatic heterocycles. The summed E-state index contributed by atoms with van der Waals surface area (Å²) in [5.41, 5.74) is 12.6. The molecule has 0 spiro atoms. The molecule has 7 heteroatoms. The Labute approximate surface area is 131 Å². The van der Waals surface area contributed by atoms with E-state index in [-0.39, 0.29) is 51.4 Å². The van der Waals surface area contributed by atoms with E-state index in [2.05, 4.69) is 0 Å². The van der Waals surface area contributed by atoms with Crippen molar-refractivity contribution in [1.29, 1.82) is 0 Å². The van der Waals surface area contributed by atoms with Crippen LogP contribution in [-0.2, 0) is 13.1 Å². The average molecular weight is 236 g/mol. The van der Waals surface area contributed by atoms with Crippen LogP contribution in [0.4, 0.5) is 0 Å². The molecule has 1 aromatic rings. The molecule has 0 aliphatic carbocycles. The second kappa shape index (κ2) is 7.77. The summed E-state index contributed by atoms with van der Waals surface area (Å²) in [4.78, 5) is 0. The number of hydrogen-bond donors (Lipinski definition) is 4. The standard InChI is InChI=1S/C8H13BN2O3.K.H/c10-4-6-1-7(5-11)3-8(2-6)14-9(12)13;;/h1-3,12-13H,4-5,10-11H2;;. The van der Waals surface area contributed by atoms with E-state index in [0.717, 1.165) is 11.1 Å². The molecule has 0 heterocycles. The molecule has 0 saturated carbocycles. The van der Waals surface area contributed by atoms with Gasteiger partial charge in [0.25, 0.3) is 0 Å². The van der Waals surface area contributed by atoms with Gasteiger partial charge in [0.15, 0.2) is 0 Å². The van der Waals surface area contributed by atoms with E-state index in [9.17, 15) is 0 Å². The molecule has 0 unspecified atom stereocenters. The van der Waals surface area contributed by atoms with Gasteiger partial charge in [-0.05, 0) is 23.3 Å². The van der Waals surface area contributed by atoms with Crippen LogP contribution in [0.15, 0.2) is 18.2 Å². The third-order valence-corrected chi connectivity index (χ3v) is 1.74. The molecule has 0 aromatic heterocycles. The topological polar surface area (TPSA) is 102 Å². The van der Waals surface area contributed by atoms with Crippen molar-refractivity contribution in [2.24, 2.45) is 11.5 Å². The van der Waals surface area contributed by atoms with Gasteiger partial charge in [0.1, 0.15) is 5.75 Å². The molecule has 0 saturated heterocycles. The molecule has 0 aliphatic rings. The minimum atomic E-state index is -1.83. The monoisotopic (exact) mass is 236 g/mol. The summed E-state index contributed by atoms with van der Waals surface area (Å²) in [6.45, 7) is 0.706. The molecule has 78 valence electrons. The second-order valence-electron chi connectivity index (χ2n) is 2.84. The Balaban J connectivity index is 0.00000196. The first-order valence-electron chi connectivity index (χ1n) is 4.21. The quantitative estimate of drug-likeness (QED) is 0.467. The Morgan fingerprint density at radius 1 is 1.07 bits per heavy atom. The predicted octanol–water partition coefficient (Wildman–Crippen LogP) is -1.70. The maximum atomic E-state index is 8.60. The van der Waals surface area contributed by atoms with Gasteiger partial charge in [0.05, 0.1) is 0 Å². The minimum absolute atomic E-state index is 0. The zero-order valence-electron chi connectivity index (χ0n) is 7.68. The van der Waals surface area contributed by atoms with E-state index in [0.29, 0.717) is 18.8 Å². The van der Waals surface area contributed by atoms with Crippen molar-refractivity contribution in [1.82, 2.24) is 0 Å². The molecule has 5 nitrogen and oxygen atoms in total. The van der Waals surface area contributed by atoms with Crippen LogP contribution in [0.25, 0.3) is 0 Å². The first kappa shape index (κ1) is 15.6. The van der Waals surface area contributed by atoms with Crippen LogP contribution in [0.2, 0.25) is 0 Å². The second-order valence-corrected chi connectivity index (χ2v) is 2.84. The van der Waals surface area contributed by atoms with Gasteiger partial charge < -0.3 is 26.2 Å². The van der Waals surface area contributed by atoms with Crippen molar-refractivity contribution in [2.75, 3.05) is 0 Å². The summed E-state index contributed by atoms with van der Waals surface area (Å²) in [5, 5.41) is 17.2. The normalized spacial score (nSPS) is 9.33. The van der Waals surface area contributed by atoms with Gasteiger partial charge in [0, 0.05) is 13.1 Å². The first-order valence-corrected chi connectivity index (χ1v) is 4.21. The molecule has 1 aromatic carbocycles. The zero-order chi connectivity index (χ0) is 10.6. The average Bonchev–Trinajstić information content (AvgIpc) is 2.16. The fraction of sp³-hybridized carbons (Fsp3) is 0.250. The predicted molar refractivity (Wildman–Crippen MR) is 60.2 cm³/mol. The van der Waals surface area contributed by atoms with Crippen molar-refractivity contribution >= 4 is 58.7 Å². The summed E-state index contributed by atoms with van der Waals surface area (Å²) >= 11 is 0. The summed E-state index contributed by atoms with van der Waals surface area (Å²) in [6, 6.07) is 5.12. The fourth-order valence-corrected chi connectivity index (χ4v) is 1.15. The van der Waals surface area contributed by atoms with Crippen molar-refractivity contribution < 1.29 is 14.7 Å². The Hall–Kier alpha value is 0.561. The third kappa shape index (κ3) is 5.43. The Kier molecular flexibility index (Phi) is 8.06. The van der Waals surface area contributed by atoms with Gasteiger partial charge in [0.2, 0.25) is 0 Å². The van der Waals surface area contributed by atoms with Crippen LogP contribution in [-0.4, -0.2) is 68.8 Å². The van der Waals surface area contributed by atoms with Gasteiger partial charge >= 0.3 is 58.7 Å². The number of rotatable bonds is 4. The van der Waals surface area contributed by atoms with Crippen molar-refractivity contribution in [3.05, 3.63) is 29.3 Å². The van der Waals surface area contributed by atoms with Crippen LogP contribution >= 0.6 is 0 Å². The number of benzene rings is 1. The Morgan fingerprint density at radius 3 is 1.87 bits per heavy atom. The van der Waals surface area contributed by atoms with Crippen molar-refractivity contribution in [3.8, 4) is 5.75 Å². The first-order chi connectivity index (χ1) is 6.65. The summed E-state index contributed by atoms with van der Waals surface area (Å²) in [6.07, 6.45) is 0. The van der Waals surface area contributed by atoms with E-state index in [1.54, 1.807) is 12.1 Å². The van der Waals surface area contributed by atoms with Crippen LogP contribution in [0.3, 0.4) is 0 Å². The van der Waals surface area contributed by atoms with Crippen molar-refractivity contribution in [2.45, 2.75) is 13.1 Å². The van der Waals surface area contributed by atoms with Crippen LogP contribution < -0.4 is 16.1 Å². The van der Waals surface area contributed by atoms with Gasteiger partial charge in [-0.2, -0.15) is 0 Å². The molecule has 0 bridgehead atoms. The molecule has 1 rings (SSSR count). The molecular formula is C8H14BKN2O3. The molecule has 0 fully saturated rings. The summed E-state index contributed by atoms with van der Waals surface area (Å²) in [7, 11) is -1.83. The van der Waals surface area contributed by atoms with E-state index in [4.69, 9.17) is 26.2 Å². The van der Waals surface area contributed by atoms with E-state index >= 15 is 0 Å². The summed E-state index contributed by atoms with van der Waals surface area (Å²) < 4.78 is 4.70. The van der Waals surface area contributed by atoms with E-state index in [1.807, 2.05) is 6.07 Å². The van der Waals surface area contributed by atoms with Crippen LogP contribution in [0, 0.1) is 0 Å². The number of nitrogens with two attached hydrogens (primary N) is 2. The SMILES string of the molecule is NCc1cc(CN)cc(OB(O)O)c1.[KH]. The molecule has 15 heavy (non-hydrogen) atoms. The van der Waals surface area contributed by atoms with Crippen molar-refractivity contribution in [3.63, 3.8) is 0 Å². The van der Waals surface area contributed by atoms with Gasteiger partial charge in [-0.25, -0.2) is 0 Å². The number of hydrogen-bond acceptors (Lipinski definition) is 5. The third-order valence-electron chi connectivity index (χ3n) is 1.74. The Morgan fingerprint density at radius 2 is 1.53 bits per heavy atom. The van der Waals surface area contributed by atoms with Gasteiger partial charge in [-0.3, -0.25) is 0 Å². The summed E-state index contributed by atoms with van der Waals surface area (Å²) in [5.74, 6) is 0.350. The van der Waals surface area contributed by atoms with E-state index in [1.165, 1.54) is 0 Å². The molecule has 0 atom stereocenters. The maximum absolute atomic E-state index is 8.60. The zero-order valence-corrected chi connectivity index (χ0v) is 7.68. The molecule has 6 N–H and O–H groups in total. The molecule has 0 amide bonds. The van der Waals surface area contributed by atoms with Gasteiger partial charge in [-0.1, -0.05) is 6.07 Å². The van der Waals surface area contributed by atoms with E-state index < -0.39 is 7.32 Å². The molecular weight excluding hydrogens is 222 g/mol. The Bertz CT molecular complexity index is 290. The van der Waals surface area contributed by atoms with Crippen LogP contribution in [0.5, 0.6) is 5.75 Å². The van der Waals surface area contributed by atoms with Gasteiger partial charge in [-0.15, -0.1) is 0 Å². The fourth-order valence-electron chi connectivity index (χ4n) is 1.15.